The number of pyridine rings is 1. The standard InChI is InChI=1S/C19H20N6O4/c1-19(2)5-7-25(18(19)28)15-12(9-24(3)23-15)21-16(27)13-10-29-17(22-13)11-4-6-20-14(26)8-11/h4,6,8-10H,5,7H2,1-3H3,(H,20,26)(H,21,27). The summed E-state index contributed by atoms with van der Waals surface area (Å²) in [5, 5.41) is 7.08. The van der Waals surface area contributed by atoms with Crippen molar-refractivity contribution < 1.29 is 14.0 Å². The van der Waals surface area contributed by atoms with E-state index in [1.807, 2.05) is 13.8 Å². The fourth-order valence-corrected chi connectivity index (χ4v) is 3.21. The molecular weight excluding hydrogens is 376 g/mol. The number of rotatable bonds is 4. The molecule has 3 aromatic heterocycles. The largest absolute Gasteiger partial charge is 0.444 e. The van der Waals surface area contributed by atoms with Crippen LogP contribution in [0.4, 0.5) is 11.5 Å². The highest BCUT2D eigenvalue weighted by Crippen LogP contribution is 2.36. The van der Waals surface area contributed by atoms with Crippen LogP contribution in [0.15, 0.2) is 40.0 Å². The quantitative estimate of drug-likeness (QED) is 0.692. The fourth-order valence-electron chi connectivity index (χ4n) is 3.21. The molecule has 4 heterocycles. The highest BCUT2D eigenvalue weighted by molar-refractivity contribution is 6.07. The number of carbonyl (C=O) groups excluding carboxylic acids is 2. The van der Waals surface area contributed by atoms with Gasteiger partial charge in [0.2, 0.25) is 17.4 Å². The number of nitrogens with one attached hydrogen (secondary N) is 2. The first-order valence-corrected chi connectivity index (χ1v) is 9.06. The molecule has 0 spiro atoms. The number of hydrogen-bond donors (Lipinski definition) is 2. The Morgan fingerprint density at radius 2 is 2.14 bits per heavy atom. The zero-order chi connectivity index (χ0) is 20.8. The van der Waals surface area contributed by atoms with E-state index in [9.17, 15) is 14.4 Å². The van der Waals surface area contributed by atoms with Crippen molar-refractivity contribution in [1.29, 1.82) is 0 Å². The van der Waals surface area contributed by atoms with Gasteiger partial charge in [-0.15, -0.1) is 0 Å². The van der Waals surface area contributed by atoms with Gasteiger partial charge < -0.3 is 14.7 Å². The van der Waals surface area contributed by atoms with Gasteiger partial charge in [0.15, 0.2) is 11.5 Å². The molecule has 0 unspecified atom stereocenters. The molecule has 2 amide bonds. The van der Waals surface area contributed by atoms with Gasteiger partial charge in [0.25, 0.3) is 5.91 Å². The Balaban J connectivity index is 1.57. The van der Waals surface area contributed by atoms with Crippen molar-refractivity contribution in [2.45, 2.75) is 20.3 Å². The summed E-state index contributed by atoms with van der Waals surface area (Å²) in [5.74, 6) is 0.00795. The minimum Gasteiger partial charge on any atom is -0.444 e. The highest BCUT2D eigenvalue weighted by Gasteiger charge is 2.41. The third kappa shape index (κ3) is 3.44. The molecule has 10 nitrogen and oxygen atoms in total. The fraction of sp³-hybridized carbons (Fsp3) is 0.316. The van der Waals surface area contributed by atoms with Gasteiger partial charge in [0.05, 0.1) is 6.20 Å². The second kappa shape index (κ2) is 6.73. The van der Waals surface area contributed by atoms with Gasteiger partial charge >= 0.3 is 0 Å². The second-order valence-corrected chi connectivity index (χ2v) is 7.56. The average Bonchev–Trinajstić information content (AvgIpc) is 3.35. The third-order valence-electron chi connectivity index (χ3n) is 4.86. The first-order chi connectivity index (χ1) is 13.7. The van der Waals surface area contributed by atoms with Crippen molar-refractivity contribution in [2.75, 3.05) is 16.8 Å². The molecule has 4 rings (SSSR count). The predicted octanol–water partition coefficient (Wildman–Crippen LogP) is 1.78. The third-order valence-corrected chi connectivity index (χ3v) is 4.86. The van der Waals surface area contributed by atoms with E-state index in [4.69, 9.17) is 4.42 Å². The Bertz CT molecular complexity index is 1160. The maximum Gasteiger partial charge on any atom is 0.277 e. The van der Waals surface area contributed by atoms with Crippen LogP contribution in [0.2, 0.25) is 0 Å². The molecule has 0 atom stereocenters. The molecule has 1 aliphatic rings. The molecule has 0 aliphatic carbocycles. The van der Waals surface area contributed by atoms with Gasteiger partial charge in [0, 0.05) is 36.8 Å². The van der Waals surface area contributed by atoms with Crippen molar-refractivity contribution in [3.05, 3.63) is 46.8 Å². The maximum absolute atomic E-state index is 12.7. The summed E-state index contributed by atoms with van der Waals surface area (Å²) in [6.45, 7) is 4.31. The molecular formula is C19H20N6O4. The van der Waals surface area contributed by atoms with Gasteiger partial charge in [-0.1, -0.05) is 13.8 Å². The van der Waals surface area contributed by atoms with Crippen LogP contribution < -0.4 is 15.8 Å². The van der Waals surface area contributed by atoms with Crippen LogP contribution in [0.1, 0.15) is 30.8 Å². The van der Waals surface area contributed by atoms with Gasteiger partial charge in [-0.3, -0.25) is 24.0 Å². The number of H-pyrrole nitrogens is 1. The summed E-state index contributed by atoms with van der Waals surface area (Å²) in [4.78, 5) is 45.0. The topological polar surface area (TPSA) is 126 Å². The summed E-state index contributed by atoms with van der Waals surface area (Å²) in [5.41, 5.74) is 0.143. The van der Waals surface area contributed by atoms with Crippen molar-refractivity contribution in [1.82, 2.24) is 19.7 Å². The monoisotopic (exact) mass is 396 g/mol. The van der Waals surface area contributed by atoms with Crippen LogP contribution in [-0.4, -0.2) is 38.1 Å². The summed E-state index contributed by atoms with van der Waals surface area (Å²) >= 11 is 0. The summed E-state index contributed by atoms with van der Waals surface area (Å²) in [7, 11) is 1.71. The normalized spacial score (nSPS) is 15.7. The van der Waals surface area contributed by atoms with E-state index < -0.39 is 11.3 Å². The van der Waals surface area contributed by atoms with Gasteiger partial charge in [-0.25, -0.2) is 4.98 Å². The van der Waals surface area contributed by atoms with Crippen LogP contribution >= 0.6 is 0 Å². The molecule has 0 bridgehead atoms. The molecule has 150 valence electrons. The van der Waals surface area contributed by atoms with Crippen LogP contribution in [-0.2, 0) is 11.8 Å². The Hall–Kier alpha value is -3.69. The Morgan fingerprint density at radius 3 is 2.83 bits per heavy atom. The Labute approximate surface area is 165 Å². The maximum atomic E-state index is 12.7. The van der Waals surface area contributed by atoms with Crippen LogP contribution in [0.25, 0.3) is 11.5 Å². The smallest absolute Gasteiger partial charge is 0.277 e. The first kappa shape index (κ1) is 18.7. The number of aryl methyl sites for hydroxylation is 1. The zero-order valence-corrected chi connectivity index (χ0v) is 16.2. The van der Waals surface area contributed by atoms with E-state index in [1.165, 1.54) is 23.2 Å². The van der Waals surface area contributed by atoms with Crippen molar-refractivity contribution in [3.8, 4) is 11.5 Å². The van der Waals surface area contributed by atoms with E-state index in [0.29, 0.717) is 30.0 Å². The molecule has 1 aliphatic heterocycles. The number of aromatic nitrogens is 4. The number of oxazole rings is 1. The number of anilines is 2. The van der Waals surface area contributed by atoms with E-state index in [1.54, 1.807) is 24.2 Å². The molecule has 0 radical (unpaired) electrons. The molecule has 1 saturated heterocycles. The van der Waals surface area contributed by atoms with Gasteiger partial charge in [-0.05, 0) is 12.5 Å². The van der Waals surface area contributed by atoms with Gasteiger partial charge in [0.1, 0.15) is 12.0 Å². The molecule has 2 N–H and O–H groups in total. The van der Waals surface area contributed by atoms with Crippen LogP contribution in [0.3, 0.4) is 0 Å². The molecule has 0 aromatic carbocycles. The minimum atomic E-state index is -0.509. The summed E-state index contributed by atoms with van der Waals surface area (Å²) < 4.78 is 6.87. The molecule has 10 heteroatoms. The number of aromatic amines is 1. The molecule has 1 fully saturated rings. The van der Waals surface area contributed by atoms with E-state index in [2.05, 4.69) is 20.4 Å². The van der Waals surface area contributed by atoms with E-state index >= 15 is 0 Å². The summed E-state index contributed by atoms with van der Waals surface area (Å²) in [6, 6.07) is 2.95. The lowest BCUT2D eigenvalue weighted by atomic mass is 9.92. The number of hydrogen-bond acceptors (Lipinski definition) is 6. The molecule has 0 saturated carbocycles. The number of nitrogens with zero attached hydrogens (tertiary/aromatic N) is 4. The van der Waals surface area contributed by atoms with Crippen LogP contribution in [0, 0.1) is 5.41 Å². The van der Waals surface area contributed by atoms with E-state index in [-0.39, 0.29) is 23.1 Å². The Morgan fingerprint density at radius 1 is 1.34 bits per heavy atom. The van der Waals surface area contributed by atoms with Gasteiger partial charge in [-0.2, -0.15) is 5.10 Å². The molecule has 3 aromatic rings. The first-order valence-electron chi connectivity index (χ1n) is 9.06. The highest BCUT2D eigenvalue weighted by atomic mass is 16.3. The number of carbonyl (C=O) groups is 2. The van der Waals surface area contributed by atoms with Crippen molar-refractivity contribution >= 4 is 23.3 Å². The SMILES string of the molecule is Cn1cc(NC(=O)c2coc(-c3cc[nH]c(=O)c3)n2)c(N2CCC(C)(C)C2=O)n1. The lowest BCUT2D eigenvalue weighted by molar-refractivity contribution is -0.124. The predicted molar refractivity (Wildman–Crippen MR) is 104 cm³/mol. The second-order valence-electron chi connectivity index (χ2n) is 7.56. The average molecular weight is 396 g/mol. The zero-order valence-electron chi connectivity index (χ0n) is 16.2. The lowest BCUT2D eigenvalue weighted by Gasteiger charge is -2.18. The van der Waals surface area contributed by atoms with Crippen LogP contribution in [0.5, 0.6) is 0 Å². The number of amides is 2. The van der Waals surface area contributed by atoms with Crippen molar-refractivity contribution in [3.63, 3.8) is 0 Å². The van der Waals surface area contributed by atoms with Crippen molar-refractivity contribution in [2.24, 2.45) is 12.5 Å². The van der Waals surface area contributed by atoms with E-state index in [0.717, 1.165) is 0 Å². The Kier molecular flexibility index (Phi) is 4.33. The summed E-state index contributed by atoms with van der Waals surface area (Å²) in [6.07, 6.45) is 5.02. The minimum absolute atomic E-state index is 0.0373. The lowest BCUT2D eigenvalue weighted by Crippen LogP contribution is -2.32. The molecule has 29 heavy (non-hydrogen) atoms.